The van der Waals surface area contributed by atoms with E-state index in [-0.39, 0.29) is 26.2 Å². The standard InChI is InChI=1S/C22H15Cl3F3NO3/c1-11(13-6-7-16(20(30)31)15-5-3-2-4-14(13)15)10-21(32-29,22(26,27)28)12-8-17(23)19(25)18(24)9-12/h2-9H,1,10,29H2,(H,30,31). The molecular weight excluding hydrogens is 490 g/mol. The second-order valence-electron chi connectivity index (χ2n) is 6.99. The highest BCUT2D eigenvalue weighted by atomic mass is 35.5. The van der Waals surface area contributed by atoms with Crippen LogP contribution in [0, 0.1) is 0 Å². The predicted octanol–water partition coefficient (Wildman–Crippen LogP) is 7.25. The van der Waals surface area contributed by atoms with Crippen LogP contribution in [0.4, 0.5) is 13.2 Å². The molecule has 1 unspecified atom stereocenters. The summed E-state index contributed by atoms with van der Waals surface area (Å²) in [4.78, 5) is 16.1. The van der Waals surface area contributed by atoms with E-state index in [9.17, 15) is 23.1 Å². The molecule has 4 nitrogen and oxygen atoms in total. The number of aromatic carboxylic acids is 1. The Bertz CT molecular complexity index is 1210. The van der Waals surface area contributed by atoms with Gasteiger partial charge >= 0.3 is 12.1 Å². The van der Waals surface area contributed by atoms with Crippen LogP contribution in [0.5, 0.6) is 0 Å². The molecule has 3 aromatic rings. The summed E-state index contributed by atoms with van der Waals surface area (Å²) in [5.74, 6) is 4.04. The van der Waals surface area contributed by atoms with Gasteiger partial charge in [0.2, 0.25) is 5.60 Å². The highest BCUT2D eigenvalue weighted by Crippen LogP contribution is 2.49. The summed E-state index contributed by atoms with van der Waals surface area (Å²) >= 11 is 17.8. The van der Waals surface area contributed by atoms with E-state index < -0.39 is 29.7 Å². The molecule has 3 aromatic carbocycles. The number of fused-ring (bicyclic) bond motifs is 1. The molecule has 0 saturated carbocycles. The molecule has 0 radical (unpaired) electrons. The minimum Gasteiger partial charge on any atom is -0.478 e. The molecule has 0 bridgehead atoms. The number of carboxylic acids is 1. The van der Waals surface area contributed by atoms with E-state index in [0.29, 0.717) is 16.3 Å². The van der Waals surface area contributed by atoms with Crippen LogP contribution >= 0.6 is 34.8 Å². The van der Waals surface area contributed by atoms with Crippen molar-refractivity contribution in [1.82, 2.24) is 0 Å². The summed E-state index contributed by atoms with van der Waals surface area (Å²) in [6.07, 6.45) is -5.82. The van der Waals surface area contributed by atoms with Crippen LogP contribution < -0.4 is 5.90 Å². The first-order valence-corrected chi connectivity index (χ1v) is 10.1. The number of alkyl halides is 3. The fraction of sp³-hybridized carbons (Fsp3) is 0.136. The van der Waals surface area contributed by atoms with E-state index in [1.165, 1.54) is 12.1 Å². The number of hydrogen-bond acceptors (Lipinski definition) is 3. The number of rotatable bonds is 6. The Morgan fingerprint density at radius 1 is 1.00 bits per heavy atom. The summed E-state index contributed by atoms with van der Waals surface area (Å²) in [5.41, 5.74) is -3.19. The van der Waals surface area contributed by atoms with Crippen LogP contribution in [0.25, 0.3) is 16.3 Å². The third kappa shape index (κ3) is 4.19. The number of halogens is 6. The lowest BCUT2D eigenvalue weighted by molar-refractivity contribution is -0.285. The summed E-state index contributed by atoms with van der Waals surface area (Å²) in [5, 5.41) is 9.66. The Hall–Kier alpha value is -2.29. The Morgan fingerprint density at radius 3 is 1.97 bits per heavy atom. The van der Waals surface area contributed by atoms with Crippen LogP contribution in [0.15, 0.2) is 55.1 Å². The van der Waals surface area contributed by atoms with Gasteiger partial charge in [0.25, 0.3) is 0 Å². The zero-order chi connectivity index (χ0) is 23.8. The number of hydrogen-bond donors (Lipinski definition) is 2. The van der Waals surface area contributed by atoms with E-state index in [1.807, 2.05) is 0 Å². The monoisotopic (exact) mass is 503 g/mol. The average Bonchev–Trinajstić information content (AvgIpc) is 2.73. The van der Waals surface area contributed by atoms with Gasteiger partial charge < -0.3 is 5.11 Å². The second kappa shape index (κ2) is 8.92. The highest BCUT2D eigenvalue weighted by Gasteiger charge is 2.58. The first-order valence-electron chi connectivity index (χ1n) is 8.95. The van der Waals surface area contributed by atoms with Crippen LogP contribution in [-0.4, -0.2) is 17.3 Å². The van der Waals surface area contributed by atoms with Gasteiger partial charge in [0.1, 0.15) is 0 Å². The van der Waals surface area contributed by atoms with Crippen molar-refractivity contribution in [2.24, 2.45) is 5.90 Å². The fourth-order valence-electron chi connectivity index (χ4n) is 3.52. The SMILES string of the molecule is C=C(CC(ON)(c1cc(Cl)c(Cl)c(Cl)c1)C(F)(F)F)c1ccc(C(=O)O)c2ccccc12. The zero-order valence-corrected chi connectivity index (χ0v) is 18.4. The third-order valence-electron chi connectivity index (χ3n) is 5.11. The summed E-state index contributed by atoms with van der Waals surface area (Å²) in [7, 11) is 0. The maximum absolute atomic E-state index is 14.3. The van der Waals surface area contributed by atoms with Gasteiger partial charge in [0, 0.05) is 6.42 Å². The Kier molecular flexibility index (Phi) is 6.79. The zero-order valence-electron chi connectivity index (χ0n) is 16.1. The van der Waals surface area contributed by atoms with E-state index >= 15 is 0 Å². The summed E-state index contributed by atoms with van der Waals surface area (Å²) in [6.45, 7) is 3.81. The minimum absolute atomic E-state index is 0.00288. The number of carboxylic acid groups (broad SMARTS) is 1. The smallest absolute Gasteiger partial charge is 0.424 e. The Balaban J connectivity index is 2.18. The van der Waals surface area contributed by atoms with Crippen molar-refractivity contribution in [1.29, 1.82) is 0 Å². The normalized spacial score (nSPS) is 13.7. The van der Waals surface area contributed by atoms with Crippen LogP contribution in [0.1, 0.15) is 27.9 Å². The van der Waals surface area contributed by atoms with Crippen molar-refractivity contribution in [3.8, 4) is 0 Å². The van der Waals surface area contributed by atoms with Gasteiger partial charge in [-0.05, 0) is 45.7 Å². The maximum atomic E-state index is 14.3. The molecule has 0 aliphatic carbocycles. The highest BCUT2D eigenvalue weighted by molar-refractivity contribution is 6.48. The number of benzene rings is 3. The van der Waals surface area contributed by atoms with Gasteiger partial charge in [-0.15, -0.1) is 0 Å². The van der Waals surface area contributed by atoms with Gasteiger partial charge in [-0.1, -0.05) is 71.7 Å². The maximum Gasteiger partial charge on any atom is 0.424 e. The van der Waals surface area contributed by atoms with E-state index in [2.05, 4.69) is 11.4 Å². The van der Waals surface area contributed by atoms with Crippen molar-refractivity contribution in [2.45, 2.75) is 18.2 Å². The molecule has 3 rings (SSSR count). The van der Waals surface area contributed by atoms with Gasteiger partial charge in [-0.3, -0.25) is 4.84 Å². The largest absolute Gasteiger partial charge is 0.478 e. The molecule has 10 heteroatoms. The van der Waals surface area contributed by atoms with Crippen LogP contribution in [0.3, 0.4) is 0 Å². The molecule has 1 atom stereocenters. The fourth-order valence-corrected chi connectivity index (χ4v) is 4.12. The lowest BCUT2D eigenvalue weighted by atomic mass is 9.83. The molecule has 0 heterocycles. The molecule has 3 N–H and O–H groups in total. The second-order valence-corrected chi connectivity index (χ2v) is 8.18. The van der Waals surface area contributed by atoms with Gasteiger partial charge in [-0.25, -0.2) is 10.7 Å². The quantitative estimate of drug-likeness (QED) is 0.274. The summed E-state index contributed by atoms with van der Waals surface area (Å²) < 4.78 is 43.0. The Labute approximate surface area is 195 Å². The van der Waals surface area contributed by atoms with Crippen molar-refractivity contribution < 1.29 is 27.9 Å². The summed E-state index contributed by atoms with van der Waals surface area (Å²) in [6, 6.07) is 11.1. The molecular formula is C22H15Cl3F3NO3. The molecule has 0 aliphatic heterocycles. The van der Waals surface area contributed by atoms with E-state index in [4.69, 9.17) is 40.7 Å². The molecule has 0 amide bonds. The molecule has 0 aliphatic rings. The number of carbonyl (C=O) groups is 1. The van der Waals surface area contributed by atoms with Gasteiger partial charge in [0.05, 0.1) is 20.6 Å². The lowest BCUT2D eigenvalue weighted by Crippen LogP contribution is -2.47. The topological polar surface area (TPSA) is 72.5 Å². The van der Waals surface area contributed by atoms with E-state index in [1.54, 1.807) is 24.3 Å². The van der Waals surface area contributed by atoms with Crippen LogP contribution in [0.2, 0.25) is 15.1 Å². The molecule has 0 spiro atoms. The van der Waals surface area contributed by atoms with Gasteiger partial charge in [-0.2, -0.15) is 13.2 Å². The van der Waals surface area contributed by atoms with Crippen molar-refractivity contribution in [3.05, 3.63) is 86.9 Å². The predicted molar refractivity (Wildman–Crippen MR) is 119 cm³/mol. The molecule has 32 heavy (non-hydrogen) atoms. The molecule has 0 saturated heterocycles. The third-order valence-corrected chi connectivity index (χ3v) is 6.30. The first-order chi connectivity index (χ1) is 14.9. The molecule has 168 valence electrons. The molecule has 0 fully saturated rings. The van der Waals surface area contributed by atoms with Crippen molar-refractivity contribution in [3.63, 3.8) is 0 Å². The minimum atomic E-state index is -5.00. The number of nitrogens with two attached hydrogens (primary N) is 1. The average molecular weight is 505 g/mol. The van der Waals surface area contributed by atoms with E-state index in [0.717, 1.165) is 12.1 Å². The lowest BCUT2D eigenvalue weighted by Gasteiger charge is -2.35. The molecule has 0 aromatic heterocycles. The van der Waals surface area contributed by atoms with Gasteiger partial charge in [0.15, 0.2) is 0 Å². The van der Waals surface area contributed by atoms with Crippen LogP contribution in [-0.2, 0) is 10.4 Å². The Morgan fingerprint density at radius 2 is 1.50 bits per heavy atom. The van der Waals surface area contributed by atoms with Crippen molar-refractivity contribution in [2.75, 3.05) is 0 Å². The van der Waals surface area contributed by atoms with Crippen molar-refractivity contribution >= 4 is 57.1 Å². The first kappa shape index (κ1) is 24.4.